The Bertz CT molecular complexity index is 947. The highest BCUT2D eigenvalue weighted by atomic mass is 15.3. The van der Waals surface area contributed by atoms with Gasteiger partial charge < -0.3 is 9.80 Å². The fourth-order valence-electron chi connectivity index (χ4n) is 3.17. The van der Waals surface area contributed by atoms with Gasteiger partial charge in [0.15, 0.2) is 5.82 Å². The van der Waals surface area contributed by atoms with E-state index in [1.54, 1.807) is 10.9 Å². The number of nitrogens with zero attached hydrogens (tertiary/aromatic N) is 6. The van der Waals surface area contributed by atoms with Crippen molar-refractivity contribution in [3.05, 3.63) is 72.4 Å². The maximum atomic E-state index is 9.38. The van der Waals surface area contributed by atoms with Gasteiger partial charge in [-0.2, -0.15) is 10.4 Å². The van der Waals surface area contributed by atoms with Crippen LogP contribution in [0.1, 0.15) is 5.56 Å². The van der Waals surface area contributed by atoms with Crippen LogP contribution >= 0.6 is 0 Å². The van der Waals surface area contributed by atoms with Crippen LogP contribution in [0.2, 0.25) is 0 Å². The highest BCUT2D eigenvalue weighted by Gasteiger charge is 2.16. The van der Waals surface area contributed by atoms with Crippen molar-refractivity contribution in [1.82, 2.24) is 14.7 Å². The number of aromatic nitrogens is 2. The lowest BCUT2D eigenvalue weighted by molar-refractivity contribution is 0.396. The summed E-state index contributed by atoms with van der Waals surface area (Å²) in [4.78, 5) is 9.15. The summed E-state index contributed by atoms with van der Waals surface area (Å²) in [5, 5.41) is 13.7. The van der Waals surface area contributed by atoms with E-state index >= 15 is 0 Å². The van der Waals surface area contributed by atoms with Gasteiger partial charge >= 0.3 is 0 Å². The fraction of sp³-hybridized carbons (Fsp3) is 0.190. The van der Waals surface area contributed by atoms with Crippen molar-refractivity contribution in [2.24, 2.45) is 4.99 Å². The number of hydrogen-bond donors (Lipinski definition) is 0. The average Bonchev–Trinajstić information content (AvgIpc) is 3.17. The minimum absolute atomic E-state index is 0.470. The predicted molar refractivity (Wildman–Crippen MR) is 107 cm³/mol. The smallest absolute Gasteiger partial charge is 0.175 e. The Hall–Kier alpha value is -3.59. The zero-order chi connectivity index (χ0) is 18.5. The Kier molecular flexibility index (Phi) is 4.84. The van der Waals surface area contributed by atoms with Crippen molar-refractivity contribution in [2.75, 3.05) is 31.1 Å². The van der Waals surface area contributed by atoms with Crippen molar-refractivity contribution in [1.29, 1.82) is 5.26 Å². The third-order valence-corrected chi connectivity index (χ3v) is 4.64. The molecule has 1 saturated heterocycles. The van der Waals surface area contributed by atoms with Crippen LogP contribution in [-0.2, 0) is 0 Å². The molecule has 4 rings (SSSR count). The molecule has 0 saturated carbocycles. The van der Waals surface area contributed by atoms with Crippen LogP contribution < -0.4 is 4.90 Å². The van der Waals surface area contributed by atoms with Crippen molar-refractivity contribution >= 4 is 17.8 Å². The van der Waals surface area contributed by atoms with Crippen LogP contribution in [0.3, 0.4) is 0 Å². The number of anilines is 1. The van der Waals surface area contributed by atoms with Gasteiger partial charge in [0.25, 0.3) is 0 Å². The number of piperazine rings is 1. The molecule has 3 aromatic rings. The molecule has 1 fully saturated rings. The Labute approximate surface area is 158 Å². The van der Waals surface area contributed by atoms with E-state index in [0.29, 0.717) is 11.4 Å². The van der Waals surface area contributed by atoms with Gasteiger partial charge in [0.05, 0.1) is 18.2 Å². The number of para-hydroxylation sites is 2. The Balaban J connectivity index is 1.48. The van der Waals surface area contributed by atoms with Crippen LogP contribution in [-0.4, -0.2) is 47.2 Å². The Morgan fingerprint density at radius 1 is 0.889 bits per heavy atom. The van der Waals surface area contributed by atoms with Gasteiger partial charge in [0.1, 0.15) is 11.6 Å². The molecule has 0 atom stereocenters. The first-order chi connectivity index (χ1) is 13.3. The lowest BCUT2D eigenvalue weighted by Gasteiger charge is -2.35. The monoisotopic (exact) mass is 356 g/mol. The zero-order valence-electron chi connectivity index (χ0n) is 14.9. The van der Waals surface area contributed by atoms with E-state index in [1.807, 2.05) is 42.7 Å². The molecular formula is C21H20N6. The first-order valence-electron chi connectivity index (χ1n) is 8.97. The molecule has 2 aromatic carbocycles. The largest absolute Gasteiger partial charge is 0.368 e. The molecule has 134 valence electrons. The SMILES string of the molecule is N#Cc1cnn(-c2ccccc2)c1N=CN1CCN(c2ccccc2)CC1. The van der Waals surface area contributed by atoms with Crippen LogP contribution in [0, 0.1) is 11.3 Å². The van der Waals surface area contributed by atoms with Crippen molar-refractivity contribution in [2.45, 2.75) is 0 Å². The van der Waals surface area contributed by atoms with E-state index in [1.165, 1.54) is 5.69 Å². The molecule has 6 heteroatoms. The van der Waals surface area contributed by atoms with Crippen LogP contribution in [0.15, 0.2) is 71.9 Å². The molecule has 6 nitrogen and oxygen atoms in total. The van der Waals surface area contributed by atoms with Gasteiger partial charge in [0.2, 0.25) is 0 Å². The van der Waals surface area contributed by atoms with Crippen molar-refractivity contribution in [3.8, 4) is 11.8 Å². The fourth-order valence-corrected chi connectivity index (χ4v) is 3.17. The van der Waals surface area contributed by atoms with Crippen molar-refractivity contribution in [3.63, 3.8) is 0 Å². The molecule has 0 N–H and O–H groups in total. The van der Waals surface area contributed by atoms with E-state index in [2.05, 4.69) is 50.2 Å². The van der Waals surface area contributed by atoms with E-state index in [9.17, 15) is 5.26 Å². The minimum Gasteiger partial charge on any atom is -0.368 e. The number of benzene rings is 2. The minimum atomic E-state index is 0.470. The summed E-state index contributed by atoms with van der Waals surface area (Å²) in [5.41, 5.74) is 2.61. The molecule has 1 aliphatic heterocycles. The van der Waals surface area contributed by atoms with E-state index < -0.39 is 0 Å². The van der Waals surface area contributed by atoms with Crippen LogP contribution in [0.4, 0.5) is 11.5 Å². The van der Waals surface area contributed by atoms with Gasteiger partial charge in [-0.25, -0.2) is 9.67 Å². The second-order valence-corrected chi connectivity index (χ2v) is 6.34. The summed E-state index contributed by atoms with van der Waals surface area (Å²) in [6.45, 7) is 3.66. The van der Waals surface area contributed by atoms with E-state index in [0.717, 1.165) is 31.9 Å². The molecule has 0 bridgehead atoms. The number of aliphatic imine (C=N–C) groups is 1. The molecule has 0 spiro atoms. The third-order valence-electron chi connectivity index (χ3n) is 4.64. The Morgan fingerprint density at radius 3 is 2.15 bits per heavy atom. The topological polar surface area (TPSA) is 60.5 Å². The van der Waals surface area contributed by atoms with Crippen LogP contribution in [0.25, 0.3) is 5.69 Å². The summed E-state index contributed by atoms with van der Waals surface area (Å²) >= 11 is 0. The molecule has 0 aliphatic carbocycles. The lowest BCUT2D eigenvalue weighted by Crippen LogP contribution is -2.45. The molecule has 0 unspecified atom stereocenters. The standard InChI is InChI=1S/C21H20N6/c22-15-18-16-24-27(20-9-5-2-6-10-20)21(18)23-17-25-11-13-26(14-12-25)19-7-3-1-4-8-19/h1-10,16-17H,11-14H2. The van der Waals surface area contributed by atoms with E-state index in [-0.39, 0.29) is 0 Å². The maximum absolute atomic E-state index is 9.38. The molecular weight excluding hydrogens is 336 g/mol. The highest BCUT2D eigenvalue weighted by Crippen LogP contribution is 2.22. The van der Waals surface area contributed by atoms with Crippen LogP contribution in [0.5, 0.6) is 0 Å². The zero-order valence-corrected chi connectivity index (χ0v) is 14.9. The first-order valence-corrected chi connectivity index (χ1v) is 8.97. The van der Waals surface area contributed by atoms with Crippen molar-refractivity contribution < 1.29 is 0 Å². The second kappa shape index (κ2) is 7.75. The molecule has 0 radical (unpaired) electrons. The van der Waals surface area contributed by atoms with Gasteiger partial charge in [-0.15, -0.1) is 0 Å². The third kappa shape index (κ3) is 3.67. The normalized spacial score (nSPS) is 14.5. The van der Waals surface area contributed by atoms with Gasteiger partial charge in [-0.3, -0.25) is 0 Å². The predicted octanol–water partition coefficient (Wildman–Crippen LogP) is 3.23. The molecule has 1 aliphatic rings. The van der Waals surface area contributed by atoms with E-state index in [4.69, 9.17) is 0 Å². The summed E-state index contributed by atoms with van der Waals surface area (Å²) in [6, 6.07) is 22.4. The van der Waals surface area contributed by atoms with Gasteiger partial charge in [-0.05, 0) is 24.3 Å². The summed E-state index contributed by atoms with van der Waals surface area (Å²) in [6.07, 6.45) is 3.40. The maximum Gasteiger partial charge on any atom is 0.175 e. The molecule has 2 heterocycles. The average molecular weight is 356 g/mol. The summed E-state index contributed by atoms with van der Waals surface area (Å²) < 4.78 is 1.70. The molecule has 27 heavy (non-hydrogen) atoms. The number of hydrogen-bond acceptors (Lipinski definition) is 4. The number of nitriles is 1. The summed E-state index contributed by atoms with van der Waals surface area (Å²) in [7, 11) is 0. The molecule has 1 aromatic heterocycles. The quantitative estimate of drug-likeness (QED) is 0.532. The first kappa shape index (κ1) is 16.9. The lowest BCUT2D eigenvalue weighted by atomic mass is 10.2. The summed E-state index contributed by atoms with van der Waals surface area (Å²) in [5.74, 6) is 0.564. The second-order valence-electron chi connectivity index (χ2n) is 6.34. The molecule has 0 amide bonds. The van der Waals surface area contributed by atoms with Gasteiger partial charge in [0, 0.05) is 31.9 Å². The highest BCUT2D eigenvalue weighted by molar-refractivity contribution is 5.65. The number of rotatable bonds is 4. The Morgan fingerprint density at radius 2 is 1.52 bits per heavy atom. The van der Waals surface area contributed by atoms with Gasteiger partial charge in [-0.1, -0.05) is 36.4 Å².